The van der Waals surface area contributed by atoms with E-state index in [1.807, 2.05) is 13.8 Å². The van der Waals surface area contributed by atoms with Gasteiger partial charge in [0.2, 0.25) is 0 Å². The van der Waals surface area contributed by atoms with Crippen LogP contribution >= 0.6 is 0 Å². The summed E-state index contributed by atoms with van der Waals surface area (Å²) < 4.78 is 0. The smallest absolute Gasteiger partial charge is 0.168 e. The highest BCUT2D eigenvalue weighted by molar-refractivity contribution is 6.00. The van der Waals surface area contributed by atoms with Crippen LogP contribution in [0.25, 0.3) is 0 Å². The Kier molecular flexibility index (Phi) is 3.51. The van der Waals surface area contributed by atoms with Crippen molar-refractivity contribution in [2.24, 2.45) is 5.41 Å². The molecule has 0 aliphatic rings. The molecule has 0 saturated carbocycles. The molecule has 0 spiro atoms. The number of carbonyl (C=O) groups is 1. The number of hydrogen-bond donors (Lipinski definition) is 1. The predicted octanol–water partition coefficient (Wildman–Crippen LogP) is 3.28. The lowest BCUT2D eigenvalue weighted by Crippen LogP contribution is -2.24. The molecule has 0 unspecified atom stereocenters. The molecule has 0 bridgehead atoms. The first-order chi connectivity index (χ1) is 6.97. The summed E-state index contributed by atoms with van der Waals surface area (Å²) in [6.07, 6.45) is 1.93. The third-order valence-corrected chi connectivity index (χ3v) is 2.66. The summed E-state index contributed by atoms with van der Waals surface area (Å²) in [6, 6.07) is 7.15. The van der Waals surface area contributed by atoms with Gasteiger partial charge in [-0.15, -0.1) is 0 Å². The van der Waals surface area contributed by atoms with E-state index >= 15 is 0 Å². The van der Waals surface area contributed by atoms with Crippen molar-refractivity contribution in [1.29, 1.82) is 0 Å². The van der Waals surface area contributed by atoms with E-state index in [4.69, 9.17) is 5.73 Å². The number of Topliss-reactive ketones (excluding diaryl/α,β-unsaturated/α-hetero) is 1. The molecule has 2 nitrogen and oxygen atoms in total. The molecule has 2 heteroatoms. The Morgan fingerprint density at radius 1 is 1.27 bits per heavy atom. The van der Waals surface area contributed by atoms with Crippen molar-refractivity contribution in [2.45, 2.75) is 33.6 Å². The third-order valence-electron chi connectivity index (χ3n) is 2.66. The van der Waals surface area contributed by atoms with Gasteiger partial charge in [-0.2, -0.15) is 0 Å². The van der Waals surface area contributed by atoms with Crippen LogP contribution in [0.1, 0.15) is 44.0 Å². The SMILES string of the molecule is CCCC(C)(C)C(=O)c1ccc(N)cc1. The van der Waals surface area contributed by atoms with Crippen LogP contribution in [0.2, 0.25) is 0 Å². The fourth-order valence-electron chi connectivity index (χ4n) is 1.76. The molecule has 0 radical (unpaired) electrons. The van der Waals surface area contributed by atoms with Crippen molar-refractivity contribution >= 4 is 11.5 Å². The minimum absolute atomic E-state index is 0.198. The average molecular weight is 205 g/mol. The molecular formula is C13H19NO. The van der Waals surface area contributed by atoms with Crippen LogP contribution in [-0.2, 0) is 0 Å². The highest BCUT2D eigenvalue weighted by Gasteiger charge is 2.27. The molecule has 0 aliphatic heterocycles. The van der Waals surface area contributed by atoms with E-state index in [-0.39, 0.29) is 11.2 Å². The number of carbonyl (C=O) groups excluding carboxylic acids is 1. The summed E-state index contributed by atoms with van der Waals surface area (Å²) in [5.74, 6) is 0.198. The molecule has 1 aromatic carbocycles. The first kappa shape index (κ1) is 11.8. The van der Waals surface area contributed by atoms with E-state index in [9.17, 15) is 4.79 Å². The number of hydrogen-bond acceptors (Lipinski definition) is 2. The lowest BCUT2D eigenvalue weighted by molar-refractivity contribution is 0.0825. The second-order valence-electron chi connectivity index (χ2n) is 4.59. The highest BCUT2D eigenvalue weighted by Crippen LogP contribution is 2.27. The molecule has 0 heterocycles. The van der Waals surface area contributed by atoms with Crippen LogP contribution in [0.4, 0.5) is 5.69 Å². The summed E-state index contributed by atoms with van der Waals surface area (Å²) in [5.41, 5.74) is 6.76. The monoisotopic (exact) mass is 205 g/mol. The van der Waals surface area contributed by atoms with E-state index < -0.39 is 0 Å². The lowest BCUT2D eigenvalue weighted by Gasteiger charge is -2.22. The van der Waals surface area contributed by atoms with Gasteiger partial charge >= 0.3 is 0 Å². The first-order valence-corrected chi connectivity index (χ1v) is 5.37. The Hall–Kier alpha value is -1.31. The largest absolute Gasteiger partial charge is 0.399 e. The molecule has 0 amide bonds. The minimum Gasteiger partial charge on any atom is -0.399 e. The van der Waals surface area contributed by atoms with Gasteiger partial charge in [-0.05, 0) is 30.7 Å². The lowest BCUT2D eigenvalue weighted by atomic mass is 9.80. The summed E-state index contributed by atoms with van der Waals surface area (Å²) in [5, 5.41) is 0. The Balaban J connectivity index is 2.89. The zero-order valence-electron chi connectivity index (χ0n) is 9.71. The molecular weight excluding hydrogens is 186 g/mol. The van der Waals surface area contributed by atoms with Crippen LogP contribution in [0.15, 0.2) is 24.3 Å². The Morgan fingerprint density at radius 2 is 1.80 bits per heavy atom. The Morgan fingerprint density at radius 3 is 2.27 bits per heavy atom. The minimum atomic E-state index is -0.273. The van der Waals surface area contributed by atoms with E-state index in [2.05, 4.69) is 6.92 Å². The van der Waals surface area contributed by atoms with E-state index in [0.29, 0.717) is 5.69 Å². The van der Waals surface area contributed by atoms with Crippen molar-refractivity contribution in [3.05, 3.63) is 29.8 Å². The summed E-state index contributed by atoms with van der Waals surface area (Å²) in [4.78, 5) is 12.1. The second kappa shape index (κ2) is 4.47. The van der Waals surface area contributed by atoms with Gasteiger partial charge in [0.05, 0.1) is 0 Å². The number of nitrogens with two attached hydrogens (primary N) is 1. The molecule has 0 saturated heterocycles. The normalized spacial score (nSPS) is 11.4. The van der Waals surface area contributed by atoms with Crippen molar-refractivity contribution in [1.82, 2.24) is 0 Å². The van der Waals surface area contributed by atoms with Crippen molar-refractivity contribution in [3.63, 3.8) is 0 Å². The number of anilines is 1. The molecule has 15 heavy (non-hydrogen) atoms. The van der Waals surface area contributed by atoms with Gasteiger partial charge in [0.15, 0.2) is 5.78 Å². The molecule has 1 aromatic rings. The van der Waals surface area contributed by atoms with Crippen LogP contribution in [0.5, 0.6) is 0 Å². The van der Waals surface area contributed by atoms with Crippen LogP contribution in [0, 0.1) is 5.41 Å². The van der Waals surface area contributed by atoms with E-state index in [0.717, 1.165) is 18.4 Å². The Bertz CT molecular complexity index is 338. The zero-order valence-corrected chi connectivity index (χ0v) is 9.71. The van der Waals surface area contributed by atoms with Gasteiger partial charge in [-0.3, -0.25) is 4.79 Å². The van der Waals surface area contributed by atoms with Crippen molar-refractivity contribution in [3.8, 4) is 0 Å². The second-order valence-corrected chi connectivity index (χ2v) is 4.59. The zero-order chi connectivity index (χ0) is 11.5. The summed E-state index contributed by atoms with van der Waals surface area (Å²) >= 11 is 0. The molecule has 0 fully saturated rings. The maximum atomic E-state index is 12.1. The topological polar surface area (TPSA) is 43.1 Å². The molecule has 0 aromatic heterocycles. The fourth-order valence-corrected chi connectivity index (χ4v) is 1.76. The van der Waals surface area contributed by atoms with Crippen LogP contribution in [0.3, 0.4) is 0 Å². The van der Waals surface area contributed by atoms with Crippen LogP contribution < -0.4 is 5.73 Å². The fraction of sp³-hybridized carbons (Fsp3) is 0.462. The van der Waals surface area contributed by atoms with Gasteiger partial charge in [-0.1, -0.05) is 27.2 Å². The number of nitrogen functional groups attached to an aromatic ring is 1. The van der Waals surface area contributed by atoms with Gasteiger partial charge in [0.1, 0.15) is 0 Å². The predicted molar refractivity (Wildman–Crippen MR) is 63.9 cm³/mol. The van der Waals surface area contributed by atoms with E-state index in [1.54, 1.807) is 24.3 Å². The highest BCUT2D eigenvalue weighted by atomic mass is 16.1. The van der Waals surface area contributed by atoms with Gasteiger partial charge in [-0.25, -0.2) is 0 Å². The molecule has 0 atom stereocenters. The maximum absolute atomic E-state index is 12.1. The quantitative estimate of drug-likeness (QED) is 0.605. The van der Waals surface area contributed by atoms with E-state index in [1.165, 1.54) is 0 Å². The van der Waals surface area contributed by atoms with Gasteiger partial charge < -0.3 is 5.73 Å². The number of ketones is 1. The third kappa shape index (κ3) is 2.82. The van der Waals surface area contributed by atoms with Crippen LogP contribution in [-0.4, -0.2) is 5.78 Å². The maximum Gasteiger partial charge on any atom is 0.168 e. The molecule has 2 N–H and O–H groups in total. The van der Waals surface area contributed by atoms with Gasteiger partial charge in [0.25, 0.3) is 0 Å². The Labute approximate surface area is 91.5 Å². The number of rotatable bonds is 4. The summed E-state index contributed by atoms with van der Waals surface area (Å²) in [7, 11) is 0. The molecule has 0 aliphatic carbocycles. The summed E-state index contributed by atoms with van der Waals surface area (Å²) in [6.45, 7) is 6.09. The standard InChI is InChI=1S/C13H19NO/c1-4-9-13(2,3)12(15)10-5-7-11(14)8-6-10/h5-8H,4,9,14H2,1-3H3. The molecule has 82 valence electrons. The molecule has 1 rings (SSSR count). The van der Waals surface area contributed by atoms with Crippen molar-refractivity contribution in [2.75, 3.05) is 5.73 Å². The average Bonchev–Trinajstić information content (AvgIpc) is 2.18. The van der Waals surface area contributed by atoms with Crippen molar-refractivity contribution < 1.29 is 4.79 Å². The number of benzene rings is 1. The first-order valence-electron chi connectivity index (χ1n) is 5.37. The van der Waals surface area contributed by atoms with Gasteiger partial charge in [0, 0.05) is 16.7 Å².